The first-order valence-electron chi connectivity index (χ1n) is 5.61. The standard InChI is InChI=1S/C11H12ClN3O3S/c12-8-3-6(4-9(10(8)13)15(17)18)11(16)14-7-1-2-19-5-7/h3-4,7H,1-2,5,13H2,(H,14,16). The monoisotopic (exact) mass is 301 g/mol. The van der Waals surface area contributed by atoms with E-state index in [2.05, 4.69) is 5.32 Å². The number of nitro groups is 1. The Labute approximate surface area is 118 Å². The first kappa shape index (κ1) is 14.0. The fourth-order valence-electron chi connectivity index (χ4n) is 1.80. The summed E-state index contributed by atoms with van der Waals surface area (Å²) in [6.45, 7) is 0. The number of hydrogen-bond acceptors (Lipinski definition) is 5. The lowest BCUT2D eigenvalue weighted by atomic mass is 10.1. The van der Waals surface area contributed by atoms with Crippen LogP contribution < -0.4 is 11.1 Å². The molecule has 8 heteroatoms. The molecule has 1 saturated heterocycles. The van der Waals surface area contributed by atoms with E-state index in [1.54, 1.807) is 11.8 Å². The molecule has 1 atom stereocenters. The summed E-state index contributed by atoms with van der Waals surface area (Å²) in [7, 11) is 0. The van der Waals surface area contributed by atoms with Crippen molar-refractivity contribution in [2.45, 2.75) is 12.5 Å². The molecule has 0 saturated carbocycles. The zero-order chi connectivity index (χ0) is 14.0. The summed E-state index contributed by atoms with van der Waals surface area (Å²) < 4.78 is 0. The third-order valence-corrected chi connectivity index (χ3v) is 4.31. The Morgan fingerprint density at radius 3 is 2.89 bits per heavy atom. The van der Waals surface area contributed by atoms with Crippen LogP contribution >= 0.6 is 23.4 Å². The second kappa shape index (κ2) is 5.66. The van der Waals surface area contributed by atoms with Gasteiger partial charge in [-0.25, -0.2) is 0 Å². The van der Waals surface area contributed by atoms with Crippen molar-refractivity contribution in [1.29, 1.82) is 0 Å². The highest BCUT2D eigenvalue weighted by Crippen LogP contribution is 2.31. The predicted octanol–water partition coefficient (Wildman–Crippen LogP) is 2.07. The lowest BCUT2D eigenvalue weighted by Gasteiger charge is -2.11. The van der Waals surface area contributed by atoms with Crippen molar-refractivity contribution in [2.75, 3.05) is 17.2 Å². The lowest BCUT2D eigenvalue weighted by molar-refractivity contribution is -0.383. The Balaban J connectivity index is 2.24. The number of nitrogens with two attached hydrogens (primary N) is 1. The van der Waals surface area contributed by atoms with Crippen molar-refractivity contribution in [3.05, 3.63) is 32.8 Å². The molecule has 102 valence electrons. The minimum absolute atomic E-state index is 0.0140. The maximum Gasteiger partial charge on any atom is 0.294 e. The first-order chi connectivity index (χ1) is 8.99. The molecule has 2 rings (SSSR count). The average Bonchev–Trinajstić information content (AvgIpc) is 2.84. The molecule has 1 aliphatic heterocycles. The molecule has 3 N–H and O–H groups in total. The Hall–Kier alpha value is -1.47. The number of nitro benzene ring substituents is 1. The molecule has 0 aliphatic carbocycles. The number of rotatable bonds is 3. The van der Waals surface area contributed by atoms with Crippen molar-refractivity contribution in [3.63, 3.8) is 0 Å². The molecule has 1 aromatic carbocycles. The van der Waals surface area contributed by atoms with Crippen LogP contribution in [0.5, 0.6) is 0 Å². The molecule has 1 aliphatic rings. The Morgan fingerprint density at radius 1 is 1.58 bits per heavy atom. The number of anilines is 1. The predicted molar refractivity (Wildman–Crippen MR) is 75.7 cm³/mol. The van der Waals surface area contributed by atoms with Gasteiger partial charge in [0.15, 0.2) is 0 Å². The number of nitrogens with zero attached hydrogens (tertiary/aromatic N) is 1. The maximum atomic E-state index is 12.0. The van der Waals surface area contributed by atoms with Gasteiger partial charge in [-0.15, -0.1) is 0 Å². The quantitative estimate of drug-likeness (QED) is 0.506. The van der Waals surface area contributed by atoms with E-state index in [1.807, 2.05) is 0 Å². The summed E-state index contributed by atoms with van der Waals surface area (Å²) in [5.41, 5.74) is 5.19. The van der Waals surface area contributed by atoms with Gasteiger partial charge in [0.25, 0.3) is 11.6 Å². The lowest BCUT2D eigenvalue weighted by Crippen LogP contribution is -2.34. The number of thioether (sulfide) groups is 1. The van der Waals surface area contributed by atoms with E-state index in [9.17, 15) is 14.9 Å². The largest absolute Gasteiger partial charge is 0.392 e. The van der Waals surface area contributed by atoms with Crippen LogP contribution in [-0.4, -0.2) is 28.4 Å². The van der Waals surface area contributed by atoms with Gasteiger partial charge in [0, 0.05) is 23.4 Å². The molecule has 1 aromatic rings. The van der Waals surface area contributed by atoms with Crippen LogP contribution in [0.25, 0.3) is 0 Å². The molecular weight excluding hydrogens is 290 g/mol. The minimum Gasteiger partial charge on any atom is -0.392 e. The number of nitrogens with one attached hydrogen (secondary N) is 1. The Bertz CT molecular complexity index is 532. The second-order valence-electron chi connectivity index (χ2n) is 4.18. The SMILES string of the molecule is Nc1c(Cl)cc(C(=O)NC2CCSC2)cc1[N+](=O)[O-]. The number of amides is 1. The highest BCUT2D eigenvalue weighted by Gasteiger charge is 2.22. The number of nitrogen functional groups attached to an aromatic ring is 1. The third-order valence-electron chi connectivity index (χ3n) is 2.83. The van der Waals surface area contributed by atoms with Crippen molar-refractivity contribution >= 4 is 40.6 Å². The zero-order valence-electron chi connectivity index (χ0n) is 9.89. The van der Waals surface area contributed by atoms with Gasteiger partial charge >= 0.3 is 0 Å². The van der Waals surface area contributed by atoms with Crippen molar-refractivity contribution in [1.82, 2.24) is 5.32 Å². The topological polar surface area (TPSA) is 98.3 Å². The summed E-state index contributed by atoms with van der Waals surface area (Å²) in [6, 6.07) is 2.60. The van der Waals surface area contributed by atoms with Gasteiger partial charge in [-0.3, -0.25) is 14.9 Å². The molecule has 0 radical (unpaired) electrons. The van der Waals surface area contributed by atoms with Gasteiger partial charge in [-0.05, 0) is 18.2 Å². The minimum atomic E-state index is -0.649. The highest BCUT2D eigenvalue weighted by molar-refractivity contribution is 7.99. The van der Waals surface area contributed by atoms with Crippen molar-refractivity contribution in [2.24, 2.45) is 0 Å². The maximum absolute atomic E-state index is 12.0. The summed E-state index contributed by atoms with van der Waals surface area (Å²) in [6.07, 6.45) is 0.904. The summed E-state index contributed by atoms with van der Waals surface area (Å²) in [4.78, 5) is 22.2. The number of carbonyl (C=O) groups excluding carboxylic acids is 1. The average molecular weight is 302 g/mol. The van der Waals surface area contributed by atoms with Crippen molar-refractivity contribution < 1.29 is 9.72 Å². The molecule has 1 fully saturated rings. The number of hydrogen-bond donors (Lipinski definition) is 2. The molecular formula is C11H12ClN3O3S. The summed E-state index contributed by atoms with van der Waals surface area (Å²) in [5.74, 6) is 1.50. The van der Waals surface area contributed by atoms with Crippen LogP contribution in [0.3, 0.4) is 0 Å². The van der Waals surface area contributed by atoms with E-state index >= 15 is 0 Å². The van der Waals surface area contributed by atoms with Crippen LogP contribution in [0, 0.1) is 10.1 Å². The highest BCUT2D eigenvalue weighted by atomic mass is 35.5. The van der Waals surface area contributed by atoms with Gasteiger partial charge in [-0.1, -0.05) is 11.6 Å². The van der Waals surface area contributed by atoms with Crippen LogP contribution in [-0.2, 0) is 0 Å². The molecule has 0 spiro atoms. The summed E-state index contributed by atoms with van der Waals surface area (Å²) >= 11 is 7.57. The fraction of sp³-hybridized carbons (Fsp3) is 0.364. The van der Waals surface area contributed by atoms with Gasteiger partial charge in [0.2, 0.25) is 0 Å². The van der Waals surface area contributed by atoms with Gasteiger partial charge in [-0.2, -0.15) is 11.8 Å². The molecule has 0 bridgehead atoms. The van der Waals surface area contributed by atoms with Crippen molar-refractivity contribution in [3.8, 4) is 0 Å². The van der Waals surface area contributed by atoms with Gasteiger partial charge < -0.3 is 11.1 Å². The fourth-order valence-corrected chi connectivity index (χ4v) is 3.17. The molecule has 1 amide bonds. The van der Waals surface area contributed by atoms with E-state index in [1.165, 1.54) is 6.07 Å². The Kier molecular flexibility index (Phi) is 4.16. The zero-order valence-corrected chi connectivity index (χ0v) is 11.5. The molecule has 1 unspecified atom stereocenters. The van der Waals surface area contributed by atoms with Crippen LogP contribution in [0.2, 0.25) is 5.02 Å². The van der Waals surface area contributed by atoms with E-state index in [0.717, 1.165) is 24.0 Å². The van der Waals surface area contributed by atoms with Gasteiger partial charge in [0.05, 0.1) is 9.95 Å². The molecule has 19 heavy (non-hydrogen) atoms. The molecule has 0 aromatic heterocycles. The van der Waals surface area contributed by atoms with Gasteiger partial charge in [0.1, 0.15) is 5.69 Å². The van der Waals surface area contributed by atoms with E-state index in [-0.39, 0.29) is 33.9 Å². The first-order valence-corrected chi connectivity index (χ1v) is 7.14. The van der Waals surface area contributed by atoms with E-state index < -0.39 is 4.92 Å². The summed E-state index contributed by atoms with van der Waals surface area (Å²) in [5, 5.41) is 13.7. The van der Waals surface area contributed by atoms with Crippen LogP contribution in [0.1, 0.15) is 16.8 Å². The second-order valence-corrected chi connectivity index (χ2v) is 5.74. The molecule has 1 heterocycles. The third kappa shape index (κ3) is 3.10. The molecule has 6 nitrogen and oxygen atoms in total. The van der Waals surface area contributed by atoms with Crippen LogP contribution in [0.15, 0.2) is 12.1 Å². The van der Waals surface area contributed by atoms with E-state index in [4.69, 9.17) is 17.3 Å². The van der Waals surface area contributed by atoms with E-state index in [0.29, 0.717) is 0 Å². The number of carbonyl (C=O) groups is 1. The number of halogens is 1. The normalized spacial score (nSPS) is 18.3. The smallest absolute Gasteiger partial charge is 0.294 e. The number of benzene rings is 1. The Morgan fingerprint density at radius 2 is 2.32 bits per heavy atom. The van der Waals surface area contributed by atoms with Crippen LogP contribution in [0.4, 0.5) is 11.4 Å².